The maximum atomic E-state index is 9.89. The summed E-state index contributed by atoms with van der Waals surface area (Å²) < 4.78 is 14.0. The Balaban J connectivity index is 1.90. The van der Waals surface area contributed by atoms with E-state index in [-0.39, 0.29) is 0 Å². The molecule has 2 aromatic rings. The third-order valence-electron chi connectivity index (χ3n) is 7.56. The lowest BCUT2D eigenvalue weighted by atomic mass is 10.1. The zero-order valence-corrected chi connectivity index (χ0v) is 30.6. The van der Waals surface area contributed by atoms with E-state index in [2.05, 4.69) is 57.8 Å². The van der Waals surface area contributed by atoms with E-state index in [4.69, 9.17) is 9.47 Å². The maximum Gasteiger partial charge on any atom is 0.157 e. The number of ether oxygens (including phenoxy) is 2. The van der Waals surface area contributed by atoms with Crippen LogP contribution in [0.25, 0.3) is 9.75 Å². The van der Waals surface area contributed by atoms with Gasteiger partial charge in [0.1, 0.15) is 23.3 Å². The van der Waals surface area contributed by atoms with E-state index in [0.717, 1.165) is 43.0 Å². The van der Waals surface area contributed by atoms with Crippen LogP contribution in [0.3, 0.4) is 0 Å². The molecule has 2 heterocycles. The summed E-state index contributed by atoms with van der Waals surface area (Å²) in [4.78, 5) is 1.71. The fraction of sp³-hybridized carbons (Fsp3) is 0.706. The number of unbranched alkanes of at least 4 members (excludes halogenated alkanes) is 18. The van der Waals surface area contributed by atoms with Gasteiger partial charge in [-0.3, -0.25) is 0 Å². The van der Waals surface area contributed by atoms with Gasteiger partial charge in [0, 0.05) is 0 Å². The van der Waals surface area contributed by atoms with Crippen LogP contribution in [0.5, 0.6) is 11.5 Å². The summed E-state index contributed by atoms with van der Waals surface area (Å²) in [6, 6.07) is 4.63. The summed E-state index contributed by atoms with van der Waals surface area (Å²) in [6.07, 6.45) is 25.3. The minimum atomic E-state index is 0.519. The molecule has 0 spiro atoms. The Morgan fingerprint density at radius 1 is 0.500 bits per heavy atom. The van der Waals surface area contributed by atoms with E-state index in [1.54, 1.807) is 0 Å². The zero-order chi connectivity index (χ0) is 30.4. The molecule has 42 heavy (non-hydrogen) atoms. The molecule has 0 saturated carbocycles. The normalized spacial score (nSPS) is 11.0. The van der Waals surface area contributed by atoms with Crippen LogP contribution in [0.15, 0.2) is 7.57 Å². The number of hydrogen-bond donors (Lipinski definition) is 0. The molecule has 0 aliphatic heterocycles. The molecule has 0 radical (unpaired) electrons. The van der Waals surface area contributed by atoms with Gasteiger partial charge in [0.05, 0.1) is 30.5 Å². The lowest BCUT2D eigenvalue weighted by Crippen LogP contribution is -2.00. The molecule has 0 saturated heterocycles. The predicted octanol–water partition coefficient (Wildman–Crippen LogP) is 13.3. The summed E-state index contributed by atoms with van der Waals surface area (Å²) in [5.41, 5.74) is 1.04. The molecule has 0 atom stereocenters. The molecule has 0 aliphatic carbocycles. The molecule has 2 rings (SSSR count). The minimum Gasteiger partial charge on any atom is -0.491 e. The van der Waals surface area contributed by atoms with Crippen molar-refractivity contribution in [3.05, 3.63) is 18.7 Å². The molecule has 0 aromatic carbocycles. The maximum absolute atomic E-state index is 9.89. The van der Waals surface area contributed by atoms with Crippen LogP contribution in [0, 0.1) is 22.7 Å². The van der Waals surface area contributed by atoms with Crippen LogP contribution in [0.4, 0.5) is 0 Å². The second kappa shape index (κ2) is 23.3. The van der Waals surface area contributed by atoms with Crippen LogP contribution in [0.1, 0.15) is 153 Å². The molecule has 0 fully saturated rings. The van der Waals surface area contributed by atoms with Crippen molar-refractivity contribution in [3.63, 3.8) is 0 Å². The Hall–Kier alpha value is -1.06. The summed E-state index contributed by atoms with van der Waals surface area (Å²) in [5.74, 6) is 1.21. The van der Waals surface area contributed by atoms with Crippen LogP contribution in [-0.2, 0) is 0 Å². The Bertz CT molecular complexity index is 1010. The molecule has 0 amide bonds. The highest BCUT2D eigenvalue weighted by atomic mass is 79.9. The van der Waals surface area contributed by atoms with Crippen molar-refractivity contribution in [2.75, 3.05) is 13.2 Å². The first kappa shape index (κ1) is 37.1. The van der Waals surface area contributed by atoms with Crippen molar-refractivity contribution in [2.24, 2.45) is 0 Å². The molecule has 0 unspecified atom stereocenters. The van der Waals surface area contributed by atoms with Crippen molar-refractivity contribution in [1.29, 1.82) is 10.5 Å². The van der Waals surface area contributed by atoms with Crippen LogP contribution >= 0.6 is 54.5 Å². The Labute approximate surface area is 280 Å². The van der Waals surface area contributed by atoms with Gasteiger partial charge in [-0.1, -0.05) is 129 Å². The van der Waals surface area contributed by atoms with E-state index in [9.17, 15) is 10.5 Å². The second-order valence-corrected chi connectivity index (χ2v) is 15.8. The van der Waals surface area contributed by atoms with Crippen molar-refractivity contribution >= 4 is 54.5 Å². The molecular weight excluding hydrogens is 692 g/mol. The van der Waals surface area contributed by atoms with Crippen molar-refractivity contribution in [2.45, 2.75) is 142 Å². The van der Waals surface area contributed by atoms with Gasteiger partial charge in [0.2, 0.25) is 0 Å². The molecular formula is C34H50Br2N2O2S2. The van der Waals surface area contributed by atoms with E-state index in [1.807, 2.05) is 0 Å². The SMILES string of the molecule is CCCCCCCCCCCCOc1c(-c2sc(Br)c(C#N)c2OCCCCCCCCCCCC)sc(Br)c1C#N. The standard InChI is InChI=1S/C34H50Br2N2O2S2/c1-3-5-7-9-11-13-15-17-19-21-23-39-29-27(25-37)33(35)41-31(29)32-30(28(26-38)34(36)42-32)40-24-22-20-18-16-14-12-10-8-6-4-2/h3-24H2,1-2H3. The first-order valence-electron chi connectivity index (χ1n) is 16.3. The molecule has 2 aromatic heterocycles. The number of nitrogens with zero attached hydrogens (tertiary/aromatic N) is 2. The number of thiophene rings is 2. The molecule has 0 N–H and O–H groups in total. The minimum absolute atomic E-state index is 0.519. The van der Waals surface area contributed by atoms with E-state index < -0.39 is 0 Å². The average molecular weight is 743 g/mol. The Kier molecular flexibility index (Phi) is 20.6. The highest BCUT2D eigenvalue weighted by Gasteiger charge is 2.27. The highest BCUT2D eigenvalue weighted by molar-refractivity contribution is 9.11. The lowest BCUT2D eigenvalue weighted by molar-refractivity contribution is 0.302. The Morgan fingerprint density at radius 2 is 0.786 bits per heavy atom. The van der Waals surface area contributed by atoms with E-state index in [1.165, 1.54) is 125 Å². The predicted molar refractivity (Wildman–Crippen MR) is 187 cm³/mol. The molecule has 0 bridgehead atoms. The number of hydrogen-bond acceptors (Lipinski definition) is 6. The fourth-order valence-electron chi connectivity index (χ4n) is 5.07. The topological polar surface area (TPSA) is 66.0 Å². The van der Waals surface area contributed by atoms with Gasteiger partial charge in [0.25, 0.3) is 0 Å². The van der Waals surface area contributed by atoms with Crippen molar-refractivity contribution in [1.82, 2.24) is 0 Å². The summed E-state index contributed by atoms with van der Waals surface area (Å²) in [7, 11) is 0. The van der Waals surface area contributed by atoms with Crippen molar-refractivity contribution < 1.29 is 9.47 Å². The fourth-order valence-corrected chi connectivity index (χ4v) is 8.55. The third kappa shape index (κ3) is 13.3. The van der Waals surface area contributed by atoms with Gasteiger partial charge in [-0.15, -0.1) is 22.7 Å². The van der Waals surface area contributed by atoms with E-state index >= 15 is 0 Å². The summed E-state index contributed by atoms with van der Waals surface area (Å²) in [5, 5.41) is 19.8. The highest BCUT2D eigenvalue weighted by Crippen LogP contribution is 2.53. The lowest BCUT2D eigenvalue weighted by Gasteiger charge is -2.10. The summed E-state index contributed by atoms with van der Waals surface area (Å²) >= 11 is 10.1. The van der Waals surface area contributed by atoms with Gasteiger partial charge in [-0.05, 0) is 44.7 Å². The van der Waals surface area contributed by atoms with Crippen LogP contribution in [-0.4, -0.2) is 13.2 Å². The number of rotatable bonds is 25. The molecule has 0 aliphatic rings. The van der Waals surface area contributed by atoms with Gasteiger partial charge in [0.15, 0.2) is 11.5 Å². The van der Waals surface area contributed by atoms with Gasteiger partial charge in [-0.2, -0.15) is 10.5 Å². The smallest absolute Gasteiger partial charge is 0.157 e. The Morgan fingerprint density at radius 3 is 1.07 bits per heavy atom. The van der Waals surface area contributed by atoms with Crippen LogP contribution in [0.2, 0.25) is 0 Å². The number of halogens is 2. The molecule has 4 nitrogen and oxygen atoms in total. The van der Waals surface area contributed by atoms with Crippen molar-refractivity contribution in [3.8, 4) is 33.4 Å². The molecule has 8 heteroatoms. The van der Waals surface area contributed by atoms with Crippen LogP contribution < -0.4 is 9.47 Å². The van der Waals surface area contributed by atoms with E-state index in [0.29, 0.717) is 35.8 Å². The first-order chi connectivity index (χ1) is 20.6. The first-order valence-corrected chi connectivity index (χ1v) is 19.5. The molecule has 234 valence electrons. The largest absolute Gasteiger partial charge is 0.491 e. The summed E-state index contributed by atoms with van der Waals surface area (Å²) in [6.45, 7) is 5.67. The van der Waals surface area contributed by atoms with Gasteiger partial charge < -0.3 is 9.47 Å². The average Bonchev–Trinajstić information content (AvgIpc) is 3.48. The quantitative estimate of drug-likeness (QED) is 0.0950. The zero-order valence-electron chi connectivity index (χ0n) is 25.8. The van der Waals surface area contributed by atoms with Gasteiger partial charge in [-0.25, -0.2) is 0 Å². The third-order valence-corrected chi connectivity index (χ3v) is 11.4. The second-order valence-electron chi connectivity index (χ2n) is 11.1. The number of nitriles is 2. The van der Waals surface area contributed by atoms with Gasteiger partial charge >= 0.3 is 0 Å². The monoisotopic (exact) mass is 740 g/mol.